The van der Waals surface area contributed by atoms with E-state index in [2.05, 4.69) is 27.0 Å². The molecule has 5 nitrogen and oxygen atoms in total. The fourth-order valence-corrected chi connectivity index (χ4v) is 2.22. The highest BCUT2D eigenvalue weighted by molar-refractivity contribution is 7.07. The van der Waals surface area contributed by atoms with Crippen molar-refractivity contribution < 1.29 is 5.21 Å². The minimum absolute atomic E-state index is 0.0644. The Morgan fingerprint density at radius 1 is 1.50 bits per heavy atom. The molecule has 3 N–H and O–H groups in total. The van der Waals surface area contributed by atoms with Gasteiger partial charge in [-0.3, -0.25) is 0 Å². The van der Waals surface area contributed by atoms with Crippen LogP contribution in [0.15, 0.2) is 40.3 Å². The van der Waals surface area contributed by atoms with Crippen LogP contribution in [0.5, 0.6) is 0 Å². The summed E-state index contributed by atoms with van der Waals surface area (Å²) in [5, 5.41) is 15.7. The SMILES string of the molecule is CN(Cc1ccsc1)c1ccc(/C(N)=N/O)cn1. The van der Waals surface area contributed by atoms with E-state index in [-0.39, 0.29) is 5.84 Å². The van der Waals surface area contributed by atoms with E-state index in [1.165, 1.54) is 5.56 Å². The molecule has 0 atom stereocenters. The molecule has 0 saturated heterocycles. The van der Waals surface area contributed by atoms with Crippen LogP contribution in [-0.4, -0.2) is 23.1 Å². The van der Waals surface area contributed by atoms with Gasteiger partial charge in [-0.25, -0.2) is 4.98 Å². The molecule has 0 radical (unpaired) electrons. The summed E-state index contributed by atoms with van der Waals surface area (Å²) in [6.45, 7) is 0.805. The topological polar surface area (TPSA) is 74.7 Å². The molecule has 0 saturated carbocycles. The normalized spacial score (nSPS) is 11.5. The number of nitrogens with zero attached hydrogens (tertiary/aromatic N) is 3. The van der Waals surface area contributed by atoms with Gasteiger partial charge in [0.15, 0.2) is 5.84 Å². The van der Waals surface area contributed by atoms with E-state index in [4.69, 9.17) is 10.9 Å². The van der Waals surface area contributed by atoms with Gasteiger partial charge in [-0.15, -0.1) is 0 Å². The number of amidine groups is 1. The third-order valence-corrected chi connectivity index (χ3v) is 3.27. The van der Waals surface area contributed by atoms with Crippen LogP contribution in [0.2, 0.25) is 0 Å². The first-order valence-electron chi connectivity index (χ1n) is 5.37. The fourth-order valence-electron chi connectivity index (χ4n) is 1.56. The van der Waals surface area contributed by atoms with Crippen LogP contribution in [0, 0.1) is 0 Å². The van der Waals surface area contributed by atoms with Crippen LogP contribution in [0.3, 0.4) is 0 Å². The largest absolute Gasteiger partial charge is 0.409 e. The fraction of sp³-hybridized carbons (Fsp3) is 0.167. The van der Waals surface area contributed by atoms with Gasteiger partial charge in [0.2, 0.25) is 0 Å². The van der Waals surface area contributed by atoms with Crippen molar-refractivity contribution in [2.45, 2.75) is 6.54 Å². The molecule has 0 fully saturated rings. The van der Waals surface area contributed by atoms with Gasteiger partial charge in [0.25, 0.3) is 0 Å². The van der Waals surface area contributed by atoms with Gasteiger partial charge in [-0.05, 0) is 34.5 Å². The first-order valence-corrected chi connectivity index (χ1v) is 6.31. The quantitative estimate of drug-likeness (QED) is 0.382. The molecule has 94 valence electrons. The second-order valence-electron chi connectivity index (χ2n) is 3.88. The summed E-state index contributed by atoms with van der Waals surface area (Å²) in [4.78, 5) is 6.33. The number of oxime groups is 1. The smallest absolute Gasteiger partial charge is 0.171 e. The van der Waals surface area contributed by atoms with Crippen molar-refractivity contribution in [1.82, 2.24) is 4.98 Å². The van der Waals surface area contributed by atoms with Crippen LogP contribution in [-0.2, 0) is 6.54 Å². The van der Waals surface area contributed by atoms with Gasteiger partial charge in [0.1, 0.15) is 5.82 Å². The molecule has 0 aromatic carbocycles. The standard InChI is InChI=1S/C12H14N4OS/c1-16(7-9-4-5-18-8-9)11-3-2-10(6-14-11)12(13)15-17/h2-6,8,17H,7H2,1H3,(H2,13,15). The second-order valence-corrected chi connectivity index (χ2v) is 4.66. The Morgan fingerprint density at radius 3 is 2.89 bits per heavy atom. The maximum Gasteiger partial charge on any atom is 0.171 e. The number of hydrogen-bond donors (Lipinski definition) is 2. The monoisotopic (exact) mass is 262 g/mol. The lowest BCUT2D eigenvalue weighted by Gasteiger charge is -2.17. The van der Waals surface area contributed by atoms with Crippen LogP contribution in [0.4, 0.5) is 5.82 Å². The third kappa shape index (κ3) is 2.78. The molecule has 0 unspecified atom stereocenters. The minimum Gasteiger partial charge on any atom is -0.409 e. The van der Waals surface area contributed by atoms with E-state index in [0.29, 0.717) is 5.56 Å². The summed E-state index contributed by atoms with van der Waals surface area (Å²) in [6, 6.07) is 5.72. The van der Waals surface area contributed by atoms with Gasteiger partial charge >= 0.3 is 0 Å². The van der Waals surface area contributed by atoms with E-state index in [1.54, 1.807) is 23.6 Å². The van der Waals surface area contributed by atoms with Gasteiger partial charge < -0.3 is 15.8 Å². The van der Waals surface area contributed by atoms with Gasteiger partial charge in [-0.2, -0.15) is 11.3 Å². The van der Waals surface area contributed by atoms with Crippen LogP contribution in [0.1, 0.15) is 11.1 Å². The number of aromatic nitrogens is 1. The number of thiophene rings is 1. The molecule has 0 aliphatic rings. The summed E-state index contributed by atoms with van der Waals surface area (Å²) in [6.07, 6.45) is 1.59. The maximum absolute atomic E-state index is 8.56. The van der Waals surface area contributed by atoms with E-state index in [0.717, 1.165) is 12.4 Å². The Kier molecular flexibility index (Phi) is 3.78. The number of rotatable bonds is 4. The van der Waals surface area contributed by atoms with Crippen LogP contribution in [0.25, 0.3) is 0 Å². The van der Waals surface area contributed by atoms with E-state index >= 15 is 0 Å². The van der Waals surface area contributed by atoms with Crippen molar-refractivity contribution in [1.29, 1.82) is 0 Å². The molecule has 0 aliphatic heterocycles. The zero-order chi connectivity index (χ0) is 13.0. The Morgan fingerprint density at radius 2 is 2.33 bits per heavy atom. The predicted octanol–water partition coefficient (Wildman–Crippen LogP) is 1.87. The summed E-state index contributed by atoms with van der Waals surface area (Å²) >= 11 is 1.68. The zero-order valence-corrected chi connectivity index (χ0v) is 10.8. The Bertz CT molecular complexity index is 522. The molecule has 18 heavy (non-hydrogen) atoms. The number of pyridine rings is 1. The molecule has 2 heterocycles. The molecule has 0 aliphatic carbocycles. The maximum atomic E-state index is 8.56. The van der Waals surface area contributed by atoms with E-state index in [1.807, 2.05) is 18.0 Å². The predicted molar refractivity (Wildman–Crippen MR) is 73.2 cm³/mol. The first-order chi connectivity index (χ1) is 8.70. The van der Waals surface area contributed by atoms with Crippen molar-refractivity contribution in [2.75, 3.05) is 11.9 Å². The average Bonchev–Trinajstić information content (AvgIpc) is 2.91. The molecule has 0 spiro atoms. The van der Waals surface area contributed by atoms with Crippen molar-refractivity contribution in [3.63, 3.8) is 0 Å². The summed E-state index contributed by atoms with van der Waals surface area (Å²) in [5.74, 6) is 0.908. The van der Waals surface area contributed by atoms with E-state index in [9.17, 15) is 0 Å². The third-order valence-electron chi connectivity index (χ3n) is 2.54. The van der Waals surface area contributed by atoms with Crippen LogP contribution < -0.4 is 10.6 Å². The highest BCUT2D eigenvalue weighted by Gasteiger charge is 2.05. The minimum atomic E-state index is 0.0644. The lowest BCUT2D eigenvalue weighted by Crippen LogP contribution is -2.18. The average molecular weight is 262 g/mol. The number of nitrogens with two attached hydrogens (primary N) is 1. The van der Waals surface area contributed by atoms with E-state index < -0.39 is 0 Å². The molecule has 0 amide bonds. The molecule has 2 rings (SSSR count). The summed E-state index contributed by atoms with van der Waals surface area (Å²) in [7, 11) is 1.98. The first kappa shape index (κ1) is 12.4. The van der Waals surface area contributed by atoms with Crippen molar-refractivity contribution in [3.8, 4) is 0 Å². The van der Waals surface area contributed by atoms with Crippen molar-refractivity contribution >= 4 is 23.0 Å². The van der Waals surface area contributed by atoms with Gasteiger partial charge in [0, 0.05) is 25.4 Å². The summed E-state index contributed by atoms with van der Waals surface area (Å²) in [5.41, 5.74) is 7.33. The van der Waals surface area contributed by atoms with Crippen molar-refractivity contribution in [2.24, 2.45) is 10.9 Å². The zero-order valence-electron chi connectivity index (χ0n) is 9.95. The second kappa shape index (κ2) is 5.50. The molecule has 2 aromatic rings. The Balaban J connectivity index is 2.09. The Labute approximate surface area is 109 Å². The highest BCUT2D eigenvalue weighted by Crippen LogP contribution is 2.14. The molecule has 0 bridgehead atoms. The lowest BCUT2D eigenvalue weighted by atomic mass is 10.2. The lowest BCUT2D eigenvalue weighted by molar-refractivity contribution is 0.318. The van der Waals surface area contributed by atoms with Gasteiger partial charge in [0.05, 0.1) is 0 Å². The van der Waals surface area contributed by atoms with Gasteiger partial charge in [-0.1, -0.05) is 5.16 Å². The Hall–Kier alpha value is -2.08. The molecule has 6 heteroatoms. The number of hydrogen-bond acceptors (Lipinski definition) is 5. The number of anilines is 1. The molecule has 2 aromatic heterocycles. The molecular formula is C12H14N4OS. The molecular weight excluding hydrogens is 248 g/mol. The summed E-state index contributed by atoms with van der Waals surface area (Å²) < 4.78 is 0. The highest BCUT2D eigenvalue weighted by atomic mass is 32.1. The van der Waals surface area contributed by atoms with Crippen molar-refractivity contribution in [3.05, 3.63) is 46.3 Å². The van der Waals surface area contributed by atoms with Crippen LogP contribution >= 0.6 is 11.3 Å².